The second kappa shape index (κ2) is 7.08. The summed E-state index contributed by atoms with van der Waals surface area (Å²) >= 11 is 1.62. The van der Waals surface area contributed by atoms with Gasteiger partial charge in [-0.05, 0) is 37.5 Å². The van der Waals surface area contributed by atoms with Crippen molar-refractivity contribution in [2.75, 3.05) is 6.54 Å². The third kappa shape index (κ3) is 3.21. The summed E-state index contributed by atoms with van der Waals surface area (Å²) in [5, 5.41) is 8.14. The van der Waals surface area contributed by atoms with Crippen molar-refractivity contribution in [2.45, 2.75) is 25.8 Å². The van der Waals surface area contributed by atoms with E-state index in [2.05, 4.69) is 10.1 Å². The molecule has 3 aromatic heterocycles. The molecule has 4 aromatic rings. The Balaban J connectivity index is 1.64. The number of hydrogen-bond acceptors (Lipinski definition) is 5. The number of thiazole rings is 1. The van der Waals surface area contributed by atoms with E-state index in [1.54, 1.807) is 22.2 Å². The molecule has 0 radical (unpaired) electrons. The SMILES string of the molecule is Cc1ccc2c(C(=O)N3CCC[C@H]3c3nccs3)cc(-c3cnn(C)c3)nc2c1. The Morgan fingerprint density at radius 3 is 2.93 bits per heavy atom. The molecule has 146 valence electrons. The number of carbonyl (C=O) groups excluding carboxylic acids is 1. The van der Waals surface area contributed by atoms with Gasteiger partial charge >= 0.3 is 0 Å². The van der Waals surface area contributed by atoms with Crippen molar-refractivity contribution in [1.82, 2.24) is 24.6 Å². The highest BCUT2D eigenvalue weighted by molar-refractivity contribution is 7.09. The zero-order valence-electron chi connectivity index (χ0n) is 16.4. The van der Waals surface area contributed by atoms with Crippen LogP contribution in [0.15, 0.2) is 48.2 Å². The Morgan fingerprint density at radius 2 is 2.17 bits per heavy atom. The van der Waals surface area contributed by atoms with Crippen molar-refractivity contribution in [2.24, 2.45) is 7.05 Å². The van der Waals surface area contributed by atoms with Gasteiger partial charge in [0.25, 0.3) is 5.91 Å². The minimum absolute atomic E-state index is 0.0455. The van der Waals surface area contributed by atoms with Crippen molar-refractivity contribution in [3.8, 4) is 11.3 Å². The van der Waals surface area contributed by atoms with Gasteiger partial charge in [0.2, 0.25) is 0 Å². The molecule has 4 heterocycles. The lowest BCUT2D eigenvalue weighted by molar-refractivity contribution is 0.0737. The maximum absolute atomic E-state index is 13.7. The molecule has 1 atom stereocenters. The summed E-state index contributed by atoms with van der Waals surface area (Å²) in [5.74, 6) is 0.0455. The van der Waals surface area contributed by atoms with Crippen molar-refractivity contribution >= 4 is 28.1 Å². The number of fused-ring (bicyclic) bond motifs is 1. The fraction of sp³-hybridized carbons (Fsp3) is 0.273. The fourth-order valence-electron chi connectivity index (χ4n) is 4.04. The zero-order chi connectivity index (χ0) is 20.0. The number of nitrogens with zero attached hydrogens (tertiary/aromatic N) is 5. The fourth-order valence-corrected chi connectivity index (χ4v) is 4.82. The number of carbonyl (C=O) groups is 1. The maximum atomic E-state index is 13.7. The highest BCUT2D eigenvalue weighted by Crippen LogP contribution is 2.35. The first-order chi connectivity index (χ1) is 14.1. The van der Waals surface area contributed by atoms with Gasteiger partial charge in [0.15, 0.2) is 0 Å². The van der Waals surface area contributed by atoms with Crippen LogP contribution in [0.2, 0.25) is 0 Å². The first kappa shape index (κ1) is 18.0. The molecule has 0 spiro atoms. The van der Waals surface area contributed by atoms with Crippen LogP contribution in [0.5, 0.6) is 0 Å². The molecule has 0 N–H and O–H groups in total. The molecule has 0 unspecified atom stereocenters. The molecule has 0 saturated carbocycles. The van der Waals surface area contributed by atoms with Gasteiger partial charge in [0.1, 0.15) is 5.01 Å². The van der Waals surface area contributed by atoms with Crippen LogP contribution in [-0.2, 0) is 7.05 Å². The van der Waals surface area contributed by atoms with E-state index < -0.39 is 0 Å². The lowest BCUT2D eigenvalue weighted by atomic mass is 10.0. The van der Waals surface area contributed by atoms with Crippen molar-refractivity contribution < 1.29 is 4.79 Å². The second-order valence-electron chi connectivity index (χ2n) is 7.51. The molecule has 1 aromatic carbocycles. The molecule has 1 saturated heterocycles. The first-order valence-corrected chi connectivity index (χ1v) is 10.6. The molecule has 29 heavy (non-hydrogen) atoms. The average molecular weight is 404 g/mol. The van der Waals surface area contributed by atoms with Gasteiger partial charge in [-0.1, -0.05) is 12.1 Å². The van der Waals surface area contributed by atoms with Crippen molar-refractivity contribution in [3.63, 3.8) is 0 Å². The van der Waals surface area contributed by atoms with Crippen LogP contribution in [0, 0.1) is 6.92 Å². The highest BCUT2D eigenvalue weighted by Gasteiger charge is 2.33. The Bertz CT molecular complexity index is 1200. The van der Waals surface area contributed by atoms with Crippen LogP contribution in [0.3, 0.4) is 0 Å². The van der Waals surface area contributed by atoms with Gasteiger partial charge in [0.05, 0.1) is 29.0 Å². The molecule has 5 rings (SSSR count). The molecule has 1 amide bonds. The van der Waals surface area contributed by atoms with Crippen LogP contribution in [0.25, 0.3) is 22.2 Å². The average Bonchev–Trinajstić information content (AvgIpc) is 3.47. The molecular weight excluding hydrogens is 382 g/mol. The van der Waals surface area contributed by atoms with Crippen molar-refractivity contribution in [1.29, 1.82) is 0 Å². The Kier molecular flexibility index (Phi) is 4.39. The van der Waals surface area contributed by atoms with Crippen molar-refractivity contribution in [3.05, 3.63) is 64.4 Å². The van der Waals surface area contributed by atoms with Crippen LogP contribution in [0.4, 0.5) is 0 Å². The predicted molar refractivity (Wildman–Crippen MR) is 114 cm³/mol. The molecule has 6 nitrogen and oxygen atoms in total. The smallest absolute Gasteiger partial charge is 0.255 e. The van der Waals surface area contributed by atoms with E-state index in [4.69, 9.17) is 4.98 Å². The monoisotopic (exact) mass is 403 g/mol. The normalized spacial score (nSPS) is 16.6. The van der Waals surface area contributed by atoms with Gasteiger partial charge in [0, 0.05) is 42.3 Å². The number of hydrogen-bond donors (Lipinski definition) is 0. The summed E-state index contributed by atoms with van der Waals surface area (Å²) in [6.45, 7) is 2.79. The van der Waals surface area contributed by atoms with E-state index in [0.717, 1.165) is 52.1 Å². The van der Waals surface area contributed by atoms with Crippen LogP contribution in [-0.4, -0.2) is 37.1 Å². The third-order valence-corrected chi connectivity index (χ3v) is 6.32. The number of aromatic nitrogens is 4. The molecule has 1 fully saturated rings. The molecule has 0 bridgehead atoms. The van der Waals surface area contributed by atoms with E-state index in [1.807, 2.05) is 60.9 Å². The number of pyridine rings is 1. The Hall–Kier alpha value is -3.06. The molecule has 7 heteroatoms. The molecular formula is C22H21N5OS. The number of amides is 1. The van der Waals surface area contributed by atoms with E-state index in [0.29, 0.717) is 5.56 Å². The van der Waals surface area contributed by atoms with Gasteiger partial charge in [-0.15, -0.1) is 11.3 Å². The first-order valence-electron chi connectivity index (χ1n) is 9.71. The topological polar surface area (TPSA) is 63.9 Å². The van der Waals surface area contributed by atoms with E-state index in [9.17, 15) is 4.79 Å². The van der Waals surface area contributed by atoms with Crippen LogP contribution in [0.1, 0.15) is 39.8 Å². The largest absolute Gasteiger partial charge is 0.329 e. The quantitative estimate of drug-likeness (QED) is 0.509. The lowest BCUT2D eigenvalue weighted by Gasteiger charge is -2.24. The lowest BCUT2D eigenvalue weighted by Crippen LogP contribution is -2.30. The highest BCUT2D eigenvalue weighted by atomic mass is 32.1. The number of likely N-dealkylation sites (tertiary alicyclic amines) is 1. The minimum atomic E-state index is 0.0455. The summed E-state index contributed by atoms with van der Waals surface area (Å²) in [6.07, 6.45) is 7.47. The minimum Gasteiger partial charge on any atom is -0.329 e. The summed E-state index contributed by atoms with van der Waals surface area (Å²) in [5.41, 5.74) is 4.32. The molecule has 1 aliphatic heterocycles. The van der Waals surface area contributed by atoms with E-state index >= 15 is 0 Å². The van der Waals surface area contributed by atoms with Crippen LogP contribution >= 0.6 is 11.3 Å². The molecule has 1 aliphatic rings. The molecule has 0 aliphatic carbocycles. The van der Waals surface area contributed by atoms with Gasteiger partial charge in [-0.2, -0.15) is 5.10 Å². The summed E-state index contributed by atoms with van der Waals surface area (Å²) in [6, 6.07) is 8.04. The van der Waals surface area contributed by atoms with E-state index in [1.165, 1.54) is 0 Å². The maximum Gasteiger partial charge on any atom is 0.255 e. The zero-order valence-corrected chi connectivity index (χ0v) is 17.2. The summed E-state index contributed by atoms with van der Waals surface area (Å²) in [7, 11) is 1.88. The van der Waals surface area contributed by atoms with Gasteiger partial charge < -0.3 is 4.90 Å². The second-order valence-corrected chi connectivity index (χ2v) is 8.43. The van der Waals surface area contributed by atoms with Crippen LogP contribution < -0.4 is 0 Å². The summed E-state index contributed by atoms with van der Waals surface area (Å²) < 4.78 is 1.75. The predicted octanol–water partition coefficient (Wildman–Crippen LogP) is 4.38. The standard InChI is InChI=1S/C22H21N5OS/c1-14-5-6-16-17(11-18(25-19(16)10-14)15-12-24-26(2)13-15)22(28)27-8-3-4-20(27)21-23-7-9-29-21/h5-7,9-13,20H,3-4,8H2,1-2H3/t20-/m0/s1. The number of aryl methyl sites for hydroxylation is 2. The van der Waals surface area contributed by atoms with Gasteiger partial charge in [-0.3, -0.25) is 9.48 Å². The number of benzene rings is 1. The Labute approximate surface area is 172 Å². The summed E-state index contributed by atoms with van der Waals surface area (Å²) in [4.78, 5) is 25.0. The van der Waals surface area contributed by atoms with Gasteiger partial charge in [-0.25, -0.2) is 9.97 Å². The third-order valence-electron chi connectivity index (χ3n) is 5.45. The number of rotatable bonds is 3. The Morgan fingerprint density at radius 1 is 1.28 bits per heavy atom. The van der Waals surface area contributed by atoms with E-state index in [-0.39, 0.29) is 11.9 Å².